The van der Waals surface area contributed by atoms with Gasteiger partial charge in [-0.15, -0.1) is 0 Å². The third-order valence-corrected chi connectivity index (χ3v) is 3.07. The maximum atomic E-state index is 12.4. The molecule has 0 unspecified atom stereocenters. The summed E-state index contributed by atoms with van der Waals surface area (Å²) >= 11 is 3.30. The number of rotatable bonds is 3. The minimum atomic E-state index is -4.33. The highest BCUT2D eigenvalue weighted by molar-refractivity contribution is 9.09. The second-order valence-electron chi connectivity index (χ2n) is 4.04. The Bertz CT molecular complexity index is 560. The van der Waals surface area contributed by atoms with Gasteiger partial charge in [0.1, 0.15) is 5.76 Å². The van der Waals surface area contributed by atoms with E-state index in [-0.39, 0.29) is 0 Å². The van der Waals surface area contributed by atoms with Crippen LogP contribution < -0.4 is 0 Å². The first kappa shape index (κ1) is 14.1. The second kappa shape index (κ2) is 5.36. The second-order valence-corrected chi connectivity index (χ2v) is 4.83. The Morgan fingerprint density at radius 2 is 1.84 bits per heavy atom. The zero-order valence-corrected chi connectivity index (χ0v) is 11.7. The fraction of sp³-hybridized carbons (Fsp3) is 0.308. The molecule has 1 aromatic heterocycles. The Balaban J connectivity index is 2.30. The average molecular weight is 334 g/mol. The maximum Gasteiger partial charge on any atom is 0.416 e. The molecule has 0 spiro atoms. The van der Waals surface area contributed by atoms with Crippen molar-refractivity contribution in [3.8, 4) is 11.5 Å². The van der Waals surface area contributed by atoms with E-state index in [9.17, 15) is 13.2 Å². The van der Waals surface area contributed by atoms with E-state index >= 15 is 0 Å². The van der Waals surface area contributed by atoms with Gasteiger partial charge in [0.05, 0.1) is 11.3 Å². The van der Waals surface area contributed by atoms with Crippen molar-refractivity contribution in [3.05, 3.63) is 41.3 Å². The third-order valence-electron chi connectivity index (χ3n) is 2.67. The lowest BCUT2D eigenvalue weighted by molar-refractivity contribution is -0.137. The van der Waals surface area contributed by atoms with E-state index in [0.29, 0.717) is 17.9 Å². The van der Waals surface area contributed by atoms with Gasteiger partial charge in [0.25, 0.3) is 0 Å². The van der Waals surface area contributed by atoms with Gasteiger partial charge in [-0.1, -0.05) is 15.9 Å². The number of alkyl halides is 4. The number of halogens is 4. The van der Waals surface area contributed by atoms with E-state index < -0.39 is 11.7 Å². The molecule has 0 amide bonds. The van der Waals surface area contributed by atoms with E-state index in [2.05, 4.69) is 20.9 Å². The van der Waals surface area contributed by atoms with Gasteiger partial charge in [-0.3, -0.25) is 0 Å². The molecule has 0 radical (unpaired) electrons. The van der Waals surface area contributed by atoms with Crippen molar-refractivity contribution >= 4 is 15.9 Å². The third kappa shape index (κ3) is 3.18. The summed E-state index contributed by atoms with van der Waals surface area (Å²) in [6, 6.07) is 4.79. The molecule has 0 saturated carbocycles. The summed E-state index contributed by atoms with van der Waals surface area (Å²) < 4.78 is 42.9. The largest absolute Gasteiger partial charge is 0.441 e. The van der Waals surface area contributed by atoms with Crippen molar-refractivity contribution in [3.63, 3.8) is 0 Å². The van der Waals surface area contributed by atoms with E-state index in [1.807, 2.05) is 6.92 Å². The number of nitrogens with zero attached hydrogens (tertiary/aromatic N) is 1. The minimum absolute atomic E-state index is 0.349. The van der Waals surface area contributed by atoms with E-state index in [0.717, 1.165) is 28.9 Å². The number of aromatic nitrogens is 1. The molecule has 0 aliphatic carbocycles. The molecule has 0 fully saturated rings. The number of hydrogen-bond acceptors (Lipinski definition) is 2. The van der Waals surface area contributed by atoms with Crippen LogP contribution in [0.4, 0.5) is 13.2 Å². The number of oxazole rings is 1. The van der Waals surface area contributed by atoms with Gasteiger partial charge < -0.3 is 4.42 Å². The average Bonchev–Trinajstić information content (AvgIpc) is 2.71. The van der Waals surface area contributed by atoms with Crippen LogP contribution in [-0.4, -0.2) is 10.3 Å². The van der Waals surface area contributed by atoms with Crippen molar-refractivity contribution < 1.29 is 17.6 Å². The van der Waals surface area contributed by atoms with Gasteiger partial charge in [0.15, 0.2) is 0 Å². The summed E-state index contributed by atoms with van der Waals surface area (Å²) in [7, 11) is 0. The molecule has 0 N–H and O–H groups in total. The van der Waals surface area contributed by atoms with Crippen LogP contribution in [0.15, 0.2) is 28.7 Å². The monoisotopic (exact) mass is 333 g/mol. The van der Waals surface area contributed by atoms with Gasteiger partial charge in [0, 0.05) is 17.3 Å². The van der Waals surface area contributed by atoms with Crippen LogP contribution >= 0.6 is 15.9 Å². The first-order valence-electron chi connectivity index (χ1n) is 5.61. The first-order chi connectivity index (χ1) is 8.91. The number of hydrogen-bond donors (Lipinski definition) is 0. The Kier molecular flexibility index (Phi) is 3.99. The maximum absolute atomic E-state index is 12.4. The number of aryl methyl sites for hydroxylation is 2. The molecule has 2 nitrogen and oxygen atoms in total. The molecule has 2 aromatic rings. The Morgan fingerprint density at radius 3 is 2.37 bits per heavy atom. The lowest BCUT2D eigenvalue weighted by Crippen LogP contribution is -2.03. The van der Waals surface area contributed by atoms with E-state index in [1.165, 1.54) is 12.1 Å². The summed E-state index contributed by atoms with van der Waals surface area (Å²) in [5.74, 6) is 1.09. The Labute approximate surface area is 116 Å². The minimum Gasteiger partial charge on any atom is -0.441 e. The molecule has 1 heterocycles. The molecule has 0 aliphatic heterocycles. The fourth-order valence-corrected chi connectivity index (χ4v) is 2.03. The predicted molar refractivity (Wildman–Crippen MR) is 69.2 cm³/mol. The highest BCUT2D eigenvalue weighted by atomic mass is 79.9. The first-order valence-corrected chi connectivity index (χ1v) is 6.74. The molecule has 6 heteroatoms. The van der Waals surface area contributed by atoms with Crippen LogP contribution in [0.2, 0.25) is 0 Å². The molecule has 0 saturated heterocycles. The summed E-state index contributed by atoms with van der Waals surface area (Å²) in [5.41, 5.74) is 0.617. The molecule has 19 heavy (non-hydrogen) atoms. The molecular formula is C13H11BrF3NO. The van der Waals surface area contributed by atoms with Gasteiger partial charge >= 0.3 is 6.18 Å². The van der Waals surface area contributed by atoms with Gasteiger partial charge in [-0.05, 0) is 31.2 Å². The molecule has 2 rings (SSSR count). The predicted octanol–water partition coefficient (Wildman–Crippen LogP) is 4.61. The van der Waals surface area contributed by atoms with Crippen LogP contribution in [0.1, 0.15) is 17.0 Å². The summed E-state index contributed by atoms with van der Waals surface area (Å²) in [5, 5.41) is 0.746. The highest BCUT2D eigenvalue weighted by Crippen LogP contribution is 2.31. The van der Waals surface area contributed by atoms with Crippen LogP contribution in [0.5, 0.6) is 0 Å². The standard InChI is InChI=1S/C13H11BrF3NO/c1-8-11(6-7-14)19-12(18-8)9-2-4-10(5-3-9)13(15,16)17/h2-5H,6-7H2,1H3. The van der Waals surface area contributed by atoms with Gasteiger partial charge in [-0.2, -0.15) is 13.2 Å². The number of benzene rings is 1. The smallest absolute Gasteiger partial charge is 0.416 e. The fourth-order valence-electron chi connectivity index (χ4n) is 1.67. The summed E-state index contributed by atoms with van der Waals surface area (Å²) in [6.07, 6.45) is -3.63. The van der Waals surface area contributed by atoms with Crippen molar-refractivity contribution in [1.82, 2.24) is 4.98 Å². The molecule has 1 aromatic carbocycles. The van der Waals surface area contributed by atoms with Gasteiger partial charge in [-0.25, -0.2) is 4.98 Å². The van der Waals surface area contributed by atoms with E-state index in [4.69, 9.17) is 4.42 Å². The summed E-state index contributed by atoms with van der Waals surface area (Å²) in [6.45, 7) is 1.81. The molecule has 0 atom stereocenters. The zero-order valence-electron chi connectivity index (χ0n) is 10.1. The van der Waals surface area contributed by atoms with Crippen molar-refractivity contribution in [2.24, 2.45) is 0 Å². The van der Waals surface area contributed by atoms with Gasteiger partial charge in [0.2, 0.25) is 5.89 Å². The Hall–Kier alpha value is -1.30. The molecule has 102 valence electrons. The lowest BCUT2D eigenvalue weighted by atomic mass is 10.1. The van der Waals surface area contributed by atoms with E-state index in [1.54, 1.807) is 0 Å². The molecular weight excluding hydrogens is 323 g/mol. The van der Waals surface area contributed by atoms with Crippen molar-refractivity contribution in [1.29, 1.82) is 0 Å². The van der Waals surface area contributed by atoms with Crippen molar-refractivity contribution in [2.75, 3.05) is 5.33 Å². The topological polar surface area (TPSA) is 26.0 Å². The van der Waals surface area contributed by atoms with Crippen LogP contribution in [-0.2, 0) is 12.6 Å². The highest BCUT2D eigenvalue weighted by Gasteiger charge is 2.30. The quantitative estimate of drug-likeness (QED) is 0.767. The molecule has 0 bridgehead atoms. The normalized spacial score (nSPS) is 11.8. The summed E-state index contributed by atoms with van der Waals surface area (Å²) in [4.78, 5) is 4.22. The SMILES string of the molecule is Cc1nc(-c2ccc(C(F)(F)F)cc2)oc1CCBr. The Morgan fingerprint density at radius 1 is 1.21 bits per heavy atom. The van der Waals surface area contributed by atoms with Crippen molar-refractivity contribution in [2.45, 2.75) is 19.5 Å². The van der Waals surface area contributed by atoms with Crippen LogP contribution in [0.25, 0.3) is 11.5 Å². The zero-order chi connectivity index (χ0) is 14.0. The molecule has 0 aliphatic rings. The van der Waals surface area contributed by atoms with Crippen LogP contribution in [0.3, 0.4) is 0 Å². The van der Waals surface area contributed by atoms with Crippen LogP contribution in [0, 0.1) is 6.92 Å². The lowest BCUT2D eigenvalue weighted by Gasteiger charge is -2.06.